The first-order valence-corrected chi connectivity index (χ1v) is 10.4. The predicted octanol–water partition coefficient (Wildman–Crippen LogP) is 1.16. The molecule has 0 aliphatic rings. The molecule has 0 fully saturated rings. The van der Waals surface area contributed by atoms with E-state index in [1.165, 1.54) is 36.4 Å². The Morgan fingerprint density at radius 3 is 2.14 bits per heavy atom. The minimum absolute atomic E-state index is 0.188. The zero-order valence-corrected chi connectivity index (χ0v) is 18.3. The highest BCUT2D eigenvalue weighted by molar-refractivity contribution is 5.97. The van der Waals surface area contributed by atoms with E-state index in [1.54, 1.807) is 24.3 Å². The summed E-state index contributed by atoms with van der Waals surface area (Å²) >= 11 is 0. The van der Waals surface area contributed by atoms with E-state index >= 15 is 0 Å². The Labute approximate surface area is 199 Å². The first-order valence-electron chi connectivity index (χ1n) is 10.4. The molecule has 0 spiro atoms. The number of pyridine rings is 1. The van der Waals surface area contributed by atoms with Gasteiger partial charge in [-0.05, 0) is 66.2 Å². The Kier molecular flexibility index (Phi) is 8.08. The third-order valence-electron chi connectivity index (χ3n) is 4.89. The monoisotopic (exact) mass is 482 g/mol. The number of rotatable bonds is 10. The van der Waals surface area contributed by atoms with Gasteiger partial charge in [0.2, 0.25) is 11.8 Å². The Morgan fingerprint density at radius 1 is 1.00 bits per heavy atom. The van der Waals surface area contributed by atoms with Crippen molar-refractivity contribution in [2.45, 2.75) is 18.6 Å². The van der Waals surface area contributed by atoms with E-state index in [0.717, 1.165) is 0 Å². The number of hydrogen-bond donors (Lipinski definition) is 5. The lowest BCUT2D eigenvalue weighted by molar-refractivity contribution is -0.124. The number of hydrogen-bond acceptors (Lipinski definition) is 7. The fourth-order valence-electron chi connectivity index (χ4n) is 3.10. The van der Waals surface area contributed by atoms with Gasteiger partial charge in [0.05, 0.1) is 18.7 Å². The van der Waals surface area contributed by atoms with Crippen molar-refractivity contribution in [3.63, 3.8) is 0 Å². The molecule has 2 atom stereocenters. The summed E-state index contributed by atoms with van der Waals surface area (Å²) in [5.74, 6) is -2.12. The third-order valence-corrected chi connectivity index (χ3v) is 4.89. The van der Waals surface area contributed by atoms with Gasteiger partial charge in [0.25, 0.3) is 5.91 Å². The highest BCUT2D eigenvalue weighted by Gasteiger charge is 2.23. The van der Waals surface area contributed by atoms with Crippen LogP contribution in [0.4, 0.5) is 4.39 Å². The van der Waals surface area contributed by atoms with Crippen LogP contribution < -0.4 is 21.5 Å². The van der Waals surface area contributed by atoms with E-state index in [0.29, 0.717) is 17.1 Å². The Bertz CT molecular complexity index is 1220. The number of aliphatic hydroxyl groups is 2. The van der Waals surface area contributed by atoms with Crippen LogP contribution in [-0.4, -0.2) is 45.6 Å². The molecular formula is C24H23FN4O6. The molecule has 3 aromatic rings. The lowest BCUT2D eigenvalue weighted by Crippen LogP contribution is -2.46. The van der Waals surface area contributed by atoms with Crippen molar-refractivity contribution >= 4 is 17.7 Å². The maximum atomic E-state index is 13.1. The first kappa shape index (κ1) is 25.3. The topological polar surface area (TPSA) is 178 Å². The standard InChI is InChI=1S/C24H23FN4O6/c25-15-3-7-17(8-4-15)35-16-5-1-13(2-6-16)18-9-14(21(31)12-30)10-20(28-18)24(34)29-19(23(27)33)11-22(26)32/h1-10,19,21,30-31H,11-12H2,(H2,26,32)(H2,27,33)(H,29,34)/t19-,21+/m0/s1. The number of amides is 3. The number of benzene rings is 2. The summed E-state index contributed by atoms with van der Waals surface area (Å²) in [5.41, 5.74) is 11.1. The number of aromatic nitrogens is 1. The second-order valence-corrected chi connectivity index (χ2v) is 7.55. The maximum Gasteiger partial charge on any atom is 0.270 e. The fourth-order valence-corrected chi connectivity index (χ4v) is 3.10. The van der Waals surface area contributed by atoms with E-state index in [1.807, 2.05) is 0 Å². The number of nitrogens with two attached hydrogens (primary N) is 2. The maximum absolute atomic E-state index is 13.1. The SMILES string of the molecule is NC(=O)C[C@H](NC(=O)c1cc([C@H](O)CO)cc(-c2ccc(Oc3ccc(F)cc3)cc2)n1)C(N)=O. The zero-order chi connectivity index (χ0) is 25.5. The average Bonchev–Trinajstić information content (AvgIpc) is 2.84. The molecule has 1 heterocycles. The Morgan fingerprint density at radius 2 is 1.60 bits per heavy atom. The summed E-state index contributed by atoms with van der Waals surface area (Å²) in [6, 6.07) is 13.4. The van der Waals surface area contributed by atoms with Crippen LogP contribution in [0.2, 0.25) is 0 Å². The van der Waals surface area contributed by atoms with Crippen LogP contribution >= 0.6 is 0 Å². The highest BCUT2D eigenvalue weighted by Crippen LogP contribution is 2.27. The van der Waals surface area contributed by atoms with Gasteiger partial charge in [-0.1, -0.05) is 0 Å². The number of nitrogens with zero attached hydrogens (tertiary/aromatic N) is 1. The summed E-state index contributed by atoms with van der Waals surface area (Å²) in [4.78, 5) is 39.8. The largest absolute Gasteiger partial charge is 0.457 e. The molecule has 11 heteroatoms. The average molecular weight is 482 g/mol. The molecule has 0 aliphatic heterocycles. The third kappa shape index (κ3) is 6.82. The molecule has 182 valence electrons. The minimum Gasteiger partial charge on any atom is -0.457 e. The summed E-state index contributed by atoms with van der Waals surface area (Å²) in [6.07, 6.45) is -1.80. The molecule has 2 aromatic carbocycles. The van der Waals surface area contributed by atoms with E-state index in [9.17, 15) is 29.0 Å². The van der Waals surface area contributed by atoms with Crippen LogP contribution in [0.3, 0.4) is 0 Å². The number of aliphatic hydroxyl groups excluding tert-OH is 2. The van der Waals surface area contributed by atoms with Gasteiger partial charge in [0.1, 0.15) is 35.2 Å². The molecule has 35 heavy (non-hydrogen) atoms. The summed E-state index contributed by atoms with van der Waals surface area (Å²) in [7, 11) is 0. The lowest BCUT2D eigenvalue weighted by atomic mass is 10.0. The van der Waals surface area contributed by atoms with Crippen molar-refractivity contribution < 1.29 is 33.7 Å². The minimum atomic E-state index is -1.35. The van der Waals surface area contributed by atoms with Crippen molar-refractivity contribution in [3.8, 4) is 22.8 Å². The number of ether oxygens (including phenoxy) is 1. The van der Waals surface area contributed by atoms with Crippen molar-refractivity contribution in [1.82, 2.24) is 10.3 Å². The molecule has 0 bridgehead atoms. The van der Waals surface area contributed by atoms with Crippen LogP contribution in [-0.2, 0) is 9.59 Å². The molecule has 1 aromatic heterocycles. The Hall–Kier alpha value is -4.35. The number of carbonyl (C=O) groups is 3. The van der Waals surface area contributed by atoms with E-state index in [-0.39, 0.29) is 22.8 Å². The second-order valence-electron chi connectivity index (χ2n) is 7.55. The van der Waals surface area contributed by atoms with Gasteiger partial charge in [0.15, 0.2) is 0 Å². The summed E-state index contributed by atoms with van der Waals surface area (Å²) in [5, 5.41) is 21.8. The van der Waals surface area contributed by atoms with Crippen LogP contribution in [0.15, 0.2) is 60.7 Å². The second kappa shape index (κ2) is 11.2. The smallest absolute Gasteiger partial charge is 0.270 e. The van der Waals surface area contributed by atoms with Crippen LogP contribution in [0, 0.1) is 5.82 Å². The fraction of sp³-hybridized carbons (Fsp3) is 0.167. The van der Waals surface area contributed by atoms with Gasteiger partial charge in [-0.2, -0.15) is 0 Å². The highest BCUT2D eigenvalue weighted by atomic mass is 19.1. The quantitative estimate of drug-likeness (QED) is 0.288. The van der Waals surface area contributed by atoms with Gasteiger partial charge in [-0.15, -0.1) is 0 Å². The molecule has 0 unspecified atom stereocenters. The zero-order valence-electron chi connectivity index (χ0n) is 18.3. The molecular weight excluding hydrogens is 459 g/mol. The number of halogens is 1. The van der Waals surface area contributed by atoms with Crippen molar-refractivity contribution in [3.05, 3.63) is 77.7 Å². The van der Waals surface area contributed by atoms with Gasteiger partial charge < -0.3 is 31.7 Å². The molecule has 7 N–H and O–H groups in total. The van der Waals surface area contributed by atoms with E-state index in [2.05, 4.69) is 10.3 Å². The summed E-state index contributed by atoms with van der Waals surface area (Å²) < 4.78 is 18.7. The van der Waals surface area contributed by atoms with E-state index in [4.69, 9.17) is 16.2 Å². The summed E-state index contributed by atoms with van der Waals surface area (Å²) in [6.45, 7) is -0.611. The molecule has 3 rings (SSSR count). The Balaban J connectivity index is 1.89. The first-order chi connectivity index (χ1) is 16.7. The molecule has 10 nitrogen and oxygen atoms in total. The molecule has 0 radical (unpaired) electrons. The van der Waals surface area contributed by atoms with E-state index < -0.39 is 42.9 Å². The van der Waals surface area contributed by atoms with Crippen molar-refractivity contribution in [1.29, 1.82) is 0 Å². The van der Waals surface area contributed by atoms with Crippen LogP contribution in [0.5, 0.6) is 11.5 Å². The normalized spacial score (nSPS) is 12.4. The van der Waals surface area contributed by atoms with Gasteiger partial charge >= 0.3 is 0 Å². The van der Waals surface area contributed by atoms with Crippen molar-refractivity contribution in [2.75, 3.05) is 6.61 Å². The predicted molar refractivity (Wildman–Crippen MR) is 122 cm³/mol. The molecule has 3 amide bonds. The lowest BCUT2D eigenvalue weighted by Gasteiger charge is -2.16. The number of carbonyl (C=O) groups excluding carboxylic acids is 3. The van der Waals surface area contributed by atoms with Gasteiger partial charge in [0, 0.05) is 5.56 Å². The molecule has 0 saturated carbocycles. The van der Waals surface area contributed by atoms with Crippen LogP contribution in [0.25, 0.3) is 11.3 Å². The number of primary amides is 2. The van der Waals surface area contributed by atoms with Gasteiger partial charge in [-0.3, -0.25) is 14.4 Å². The van der Waals surface area contributed by atoms with Gasteiger partial charge in [-0.25, -0.2) is 9.37 Å². The van der Waals surface area contributed by atoms with Crippen LogP contribution in [0.1, 0.15) is 28.6 Å². The van der Waals surface area contributed by atoms with Crippen molar-refractivity contribution in [2.24, 2.45) is 11.5 Å². The number of nitrogens with one attached hydrogen (secondary N) is 1. The molecule has 0 aliphatic carbocycles. The molecule has 0 saturated heterocycles.